The quantitative estimate of drug-likeness (QED) is 0.912. The van der Waals surface area contributed by atoms with Crippen LogP contribution in [0.15, 0.2) is 30.5 Å². The van der Waals surface area contributed by atoms with Crippen molar-refractivity contribution in [3.8, 4) is 5.75 Å². The first-order valence-electron chi connectivity index (χ1n) is 6.05. The first kappa shape index (κ1) is 13.1. The first-order chi connectivity index (χ1) is 9.10. The van der Waals surface area contributed by atoms with Gasteiger partial charge in [-0.15, -0.1) is 0 Å². The summed E-state index contributed by atoms with van der Waals surface area (Å²) >= 11 is 0. The molecule has 0 saturated heterocycles. The van der Waals surface area contributed by atoms with E-state index in [0.717, 1.165) is 11.3 Å². The normalized spacial score (nSPS) is 10.3. The van der Waals surface area contributed by atoms with Gasteiger partial charge in [0, 0.05) is 13.2 Å². The van der Waals surface area contributed by atoms with Crippen molar-refractivity contribution in [1.82, 2.24) is 15.1 Å². The molecule has 1 aromatic heterocycles. The van der Waals surface area contributed by atoms with E-state index in [1.807, 2.05) is 26.0 Å². The summed E-state index contributed by atoms with van der Waals surface area (Å²) in [7, 11) is 1.58. The fraction of sp³-hybridized carbons (Fsp3) is 0.286. The fourth-order valence-electron chi connectivity index (χ4n) is 1.78. The second kappa shape index (κ2) is 5.56. The summed E-state index contributed by atoms with van der Waals surface area (Å²) in [4.78, 5) is 11.4. The highest BCUT2D eigenvalue weighted by Crippen LogP contribution is 2.18. The van der Waals surface area contributed by atoms with E-state index in [4.69, 9.17) is 4.74 Å². The minimum Gasteiger partial charge on any atom is -0.471 e. The van der Waals surface area contributed by atoms with Crippen LogP contribution in [-0.2, 0) is 6.73 Å². The van der Waals surface area contributed by atoms with Crippen LogP contribution in [0.1, 0.15) is 21.6 Å². The van der Waals surface area contributed by atoms with Crippen LogP contribution in [0.2, 0.25) is 0 Å². The summed E-state index contributed by atoms with van der Waals surface area (Å²) in [6, 6.07) is 7.66. The van der Waals surface area contributed by atoms with Crippen molar-refractivity contribution >= 4 is 5.91 Å². The predicted octanol–water partition coefficient (Wildman–Crippen LogP) is 1.90. The van der Waals surface area contributed by atoms with Crippen LogP contribution in [-0.4, -0.2) is 22.7 Å². The van der Waals surface area contributed by atoms with Crippen LogP contribution in [0.25, 0.3) is 0 Å². The van der Waals surface area contributed by atoms with Crippen molar-refractivity contribution in [3.05, 3.63) is 47.3 Å². The maximum atomic E-state index is 11.4. The zero-order valence-corrected chi connectivity index (χ0v) is 11.3. The second-order valence-electron chi connectivity index (χ2n) is 4.36. The van der Waals surface area contributed by atoms with Crippen LogP contribution in [0.4, 0.5) is 0 Å². The van der Waals surface area contributed by atoms with Crippen LogP contribution in [0.5, 0.6) is 5.75 Å². The van der Waals surface area contributed by atoms with Gasteiger partial charge in [0.2, 0.25) is 0 Å². The number of nitrogens with zero attached hydrogens (tertiary/aromatic N) is 2. The van der Waals surface area contributed by atoms with Crippen LogP contribution < -0.4 is 10.1 Å². The molecule has 0 unspecified atom stereocenters. The van der Waals surface area contributed by atoms with Crippen molar-refractivity contribution in [2.75, 3.05) is 7.05 Å². The Morgan fingerprint density at radius 3 is 2.84 bits per heavy atom. The average Bonchev–Trinajstić information content (AvgIpc) is 2.85. The molecule has 0 atom stereocenters. The van der Waals surface area contributed by atoms with Gasteiger partial charge in [-0.25, -0.2) is 4.68 Å². The van der Waals surface area contributed by atoms with Gasteiger partial charge in [0.25, 0.3) is 5.91 Å². The molecule has 19 heavy (non-hydrogen) atoms. The maximum absolute atomic E-state index is 11.4. The summed E-state index contributed by atoms with van der Waals surface area (Å²) in [6.45, 7) is 4.32. The first-order valence-corrected chi connectivity index (χ1v) is 6.05. The van der Waals surface area contributed by atoms with Gasteiger partial charge >= 0.3 is 0 Å². The molecule has 0 aliphatic rings. The molecule has 1 amide bonds. The number of nitrogens with one attached hydrogen (secondary N) is 1. The highest BCUT2D eigenvalue weighted by molar-refractivity contribution is 5.91. The topological polar surface area (TPSA) is 56.2 Å². The van der Waals surface area contributed by atoms with Gasteiger partial charge in [0.1, 0.15) is 11.4 Å². The Morgan fingerprint density at radius 2 is 2.16 bits per heavy atom. The lowest BCUT2D eigenvalue weighted by molar-refractivity contribution is 0.0956. The Bertz CT molecular complexity index is 590. The Morgan fingerprint density at radius 1 is 1.37 bits per heavy atom. The molecule has 0 saturated carbocycles. The zero-order valence-electron chi connectivity index (χ0n) is 11.3. The van der Waals surface area contributed by atoms with Gasteiger partial charge in [-0.2, -0.15) is 5.10 Å². The van der Waals surface area contributed by atoms with Gasteiger partial charge in [0.15, 0.2) is 6.73 Å². The molecule has 0 aliphatic carbocycles. The fourth-order valence-corrected chi connectivity index (χ4v) is 1.78. The van der Waals surface area contributed by atoms with E-state index in [0.29, 0.717) is 5.69 Å². The maximum Gasteiger partial charge on any atom is 0.271 e. The number of carbonyl (C=O) groups excluding carboxylic acids is 1. The van der Waals surface area contributed by atoms with Crippen molar-refractivity contribution in [1.29, 1.82) is 0 Å². The molecule has 2 aromatic rings. The van der Waals surface area contributed by atoms with Gasteiger partial charge in [-0.05, 0) is 31.5 Å². The van der Waals surface area contributed by atoms with E-state index in [1.165, 1.54) is 5.56 Å². The van der Waals surface area contributed by atoms with E-state index < -0.39 is 0 Å². The van der Waals surface area contributed by atoms with Gasteiger partial charge < -0.3 is 10.1 Å². The zero-order chi connectivity index (χ0) is 13.8. The van der Waals surface area contributed by atoms with Gasteiger partial charge in [-0.1, -0.05) is 17.7 Å². The molecule has 2 rings (SSSR count). The number of aromatic nitrogens is 2. The van der Waals surface area contributed by atoms with E-state index in [-0.39, 0.29) is 12.6 Å². The minimum absolute atomic E-state index is 0.203. The summed E-state index contributed by atoms with van der Waals surface area (Å²) in [5.74, 6) is 0.618. The van der Waals surface area contributed by atoms with Crippen molar-refractivity contribution in [2.24, 2.45) is 0 Å². The smallest absolute Gasteiger partial charge is 0.271 e. The lowest BCUT2D eigenvalue weighted by Crippen LogP contribution is -2.19. The third kappa shape index (κ3) is 3.13. The predicted molar refractivity (Wildman–Crippen MR) is 72.2 cm³/mol. The Kier molecular flexibility index (Phi) is 3.85. The number of carbonyl (C=O) groups is 1. The molecule has 1 aromatic carbocycles. The molecule has 0 radical (unpaired) electrons. The largest absolute Gasteiger partial charge is 0.471 e. The lowest BCUT2D eigenvalue weighted by atomic mass is 10.1. The summed E-state index contributed by atoms with van der Waals surface area (Å²) in [5.41, 5.74) is 2.66. The van der Waals surface area contributed by atoms with Crippen molar-refractivity contribution < 1.29 is 9.53 Å². The molecule has 0 bridgehead atoms. The van der Waals surface area contributed by atoms with E-state index >= 15 is 0 Å². The summed E-state index contributed by atoms with van der Waals surface area (Å²) in [5, 5.41) is 6.65. The molecule has 5 nitrogen and oxygen atoms in total. The van der Waals surface area contributed by atoms with E-state index in [1.54, 1.807) is 24.0 Å². The second-order valence-corrected chi connectivity index (χ2v) is 4.36. The molecule has 0 aliphatic heterocycles. The molecule has 1 heterocycles. The third-order valence-electron chi connectivity index (χ3n) is 2.78. The van der Waals surface area contributed by atoms with Crippen molar-refractivity contribution in [2.45, 2.75) is 20.6 Å². The number of aryl methyl sites for hydroxylation is 2. The molecular weight excluding hydrogens is 242 g/mol. The van der Waals surface area contributed by atoms with Crippen LogP contribution in [0.3, 0.4) is 0 Å². The number of hydrogen-bond donors (Lipinski definition) is 1. The number of ether oxygens (including phenoxy) is 1. The van der Waals surface area contributed by atoms with Crippen LogP contribution >= 0.6 is 0 Å². The van der Waals surface area contributed by atoms with Gasteiger partial charge in [0.05, 0.1) is 0 Å². The summed E-state index contributed by atoms with van der Waals surface area (Å²) < 4.78 is 7.26. The molecule has 0 spiro atoms. The average molecular weight is 259 g/mol. The third-order valence-corrected chi connectivity index (χ3v) is 2.78. The number of hydrogen-bond acceptors (Lipinski definition) is 3. The number of rotatable bonds is 4. The molecule has 5 heteroatoms. The molecule has 0 fully saturated rings. The number of amides is 1. The molecule has 100 valence electrons. The van der Waals surface area contributed by atoms with Crippen molar-refractivity contribution in [3.63, 3.8) is 0 Å². The van der Waals surface area contributed by atoms with Gasteiger partial charge in [-0.3, -0.25) is 4.79 Å². The Balaban J connectivity index is 2.02. The Hall–Kier alpha value is -2.30. The molecule has 1 N–H and O–H groups in total. The monoisotopic (exact) mass is 259 g/mol. The minimum atomic E-state index is -0.203. The SMILES string of the molecule is CNC(=O)c1ccn(COc2ccc(C)cc2C)n1. The highest BCUT2D eigenvalue weighted by Gasteiger charge is 2.07. The standard InChI is InChI=1S/C14H17N3O2/c1-10-4-5-13(11(2)8-10)19-9-17-7-6-12(16-17)14(18)15-3/h4-8H,9H2,1-3H3,(H,15,18). The van der Waals surface area contributed by atoms with E-state index in [2.05, 4.69) is 16.5 Å². The number of benzene rings is 1. The molecular formula is C14H17N3O2. The summed E-state index contributed by atoms with van der Waals surface area (Å²) in [6.07, 6.45) is 1.72. The van der Waals surface area contributed by atoms with Crippen LogP contribution in [0, 0.1) is 13.8 Å². The lowest BCUT2D eigenvalue weighted by Gasteiger charge is -2.09. The Labute approximate surface area is 112 Å². The van der Waals surface area contributed by atoms with E-state index in [9.17, 15) is 4.79 Å². The highest BCUT2D eigenvalue weighted by atomic mass is 16.5.